The summed E-state index contributed by atoms with van der Waals surface area (Å²) in [5.74, 6) is 0.774. The van der Waals surface area contributed by atoms with Gasteiger partial charge in [0.05, 0.1) is 23.8 Å². The Balaban J connectivity index is 1.62. The van der Waals surface area contributed by atoms with E-state index in [0.717, 1.165) is 45.9 Å². The van der Waals surface area contributed by atoms with E-state index in [9.17, 15) is 4.79 Å². The summed E-state index contributed by atoms with van der Waals surface area (Å²) in [6.45, 7) is 6.76. The highest BCUT2D eigenvalue weighted by Crippen LogP contribution is 2.34. The number of aromatic nitrogens is 4. The van der Waals surface area contributed by atoms with Gasteiger partial charge in [-0.3, -0.25) is 14.3 Å². The van der Waals surface area contributed by atoms with Crippen molar-refractivity contribution in [2.45, 2.75) is 39.7 Å². The van der Waals surface area contributed by atoms with E-state index in [1.807, 2.05) is 31.2 Å². The summed E-state index contributed by atoms with van der Waals surface area (Å²) in [4.78, 5) is 25.7. The second-order valence-electron chi connectivity index (χ2n) is 8.21. The highest BCUT2D eigenvalue weighted by molar-refractivity contribution is 6.04. The van der Waals surface area contributed by atoms with Gasteiger partial charge in [-0.05, 0) is 69.0 Å². The normalized spacial score (nSPS) is 13.8. The number of ether oxygens (including phenoxy) is 1. The number of hydrogen-bond donors (Lipinski definition) is 1. The van der Waals surface area contributed by atoms with Crippen LogP contribution in [0.25, 0.3) is 33.1 Å². The lowest BCUT2D eigenvalue weighted by Crippen LogP contribution is -2.14. The topological polar surface area (TPSA) is 81.9 Å². The minimum atomic E-state index is 0.0540. The third kappa shape index (κ3) is 3.60. The summed E-state index contributed by atoms with van der Waals surface area (Å²) in [5.41, 5.74) is 4.74. The summed E-state index contributed by atoms with van der Waals surface area (Å²) in [6, 6.07) is 10.9. The second kappa shape index (κ2) is 7.65. The molecule has 4 aromatic rings. The number of fused-ring (bicyclic) bond motifs is 3. The molecule has 158 valence electrons. The SMILES string of the molecule is CCOc1nc2cnc3ccc(-c4ccnc(NC(=O)C5CC5)c4)cc3c2n1C(C)C. The minimum Gasteiger partial charge on any atom is -0.465 e. The molecule has 1 amide bonds. The van der Waals surface area contributed by atoms with E-state index < -0.39 is 0 Å². The van der Waals surface area contributed by atoms with E-state index in [1.165, 1.54) is 0 Å². The van der Waals surface area contributed by atoms with Gasteiger partial charge in [-0.25, -0.2) is 4.98 Å². The molecule has 7 heteroatoms. The van der Waals surface area contributed by atoms with Crippen LogP contribution in [0.3, 0.4) is 0 Å². The fourth-order valence-corrected chi connectivity index (χ4v) is 3.90. The Labute approximate surface area is 180 Å². The Hall–Kier alpha value is -3.48. The van der Waals surface area contributed by atoms with E-state index in [1.54, 1.807) is 12.4 Å². The van der Waals surface area contributed by atoms with Gasteiger partial charge >= 0.3 is 0 Å². The number of hydrogen-bond acceptors (Lipinski definition) is 5. The number of nitrogens with zero attached hydrogens (tertiary/aromatic N) is 4. The van der Waals surface area contributed by atoms with Crippen molar-refractivity contribution in [1.29, 1.82) is 0 Å². The summed E-state index contributed by atoms with van der Waals surface area (Å²) in [5, 5.41) is 3.95. The first-order valence-electron chi connectivity index (χ1n) is 10.8. The molecule has 1 fully saturated rings. The van der Waals surface area contributed by atoms with Crippen molar-refractivity contribution in [3.05, 3.63) is 42.7 Å². The molecule has 1 N–H and O–H groups in total. The van der Waals surface area contributed by atoms with E-state index in [2.05, 4.69) is 44.7 Å². The molecular formula is C24H25N5O2. The molecule has 0 saturated heterocycles. The van der Waals surface area contributed by atoms with E-state index in [-0.39, 0.29) is 17.9 Å². The fourth-order valence-electron chi connectivity index (χ4n) is 3.90. The summed E-state index contributed by atoms with van der Waals surface area (Å²) < 4.78 is 7.93. The highest BCUT2D eigenvalue weighted by atomic mass is 16.5. The molecule has 0 bridgehead atoms. The molecule has 5 rings (SSSR count). The first-order valence-corrected chi connectivity index (χ1v) is 10.8. The van der Waals surface area contributed by atoms with Crippen LogP contribution >= 0.6 is 0 Å². The molecule has 0 aliphatic heterocycles. The van der Waals surface area contributed by atoms with Gasteiger partial charge in [0.15, 0.2) is 0 Å². The van der Waals surface area contributed by atoms with Crippen LogP contribution in [-0.2, 0) is 4.79 Å². The molecule has 0 atom stereocenters. The van der Waals surface area contributed by atoms with Gasteiger partial charge in [0.1, 0.15) is 11.3 Å². The quantitative estimate of drug-likeness (QED) is 0.481. The maximum atomic E-state index is 12.1. The predicted octanol–water partition coefficient (Wildman–Crippen LogP) is 4.97. The van der Waals surface area contributed by atoms with Crippen LogP contribution in [0.4, 0.5) is 5.82 Å². The van der Waals surface area contributed by atoms with Crippen molar-refractivity contribution in [3.8, 4) is 17.1 Å². The van der Waals surface area contributed by atoms with Crippen LogP contribution in [0.5, 0.6) is 6.01 Å². The lowest BCUT2D eigenvalue weighted by Gasteiger charge is -2.14. The van der Waals surface area contributed by atoms with Gasteiger partial charge in [0.25, 0.3) is 6.01 Å². The minimum absolute atomic E-state index is 0.0540. The largest absolute Gasteiger partial charge is 0.465 e. The molecule has 0 spiro atoms. The molecule has 0 radical (unpaired) electrons. The number of amides is 1. The standard InChI is InChI=1S/C24H25N5O2/c1-4-31-24-27-20-13-26-19-8-7-16(11-18(19)22(20)29(24)14(2)3)17-9-10-25-21(12-17)28-23(30)15-5-6-15/h7-15H,4-6H2,1-3H3,(H,25,28,30). The van der Waals surface area contributed by atoms with Gasteiger partial charge in [-0.15, -0.1) is 0 Å². The van der Waals surface area contributed by atoms with Crippen LogP contribution in [0.1, 0.15) is 39.7 Å². The number of imidazole rings is 1. The fraction of sp³-hybridized carbons (Fsp3) is 0.333. The van der Waals surface area contributed by atoms with Crippen molar-refractivity contribution in [2.75, 3.05) is 11.9 Å². The van der Waals surface area contributed by atoms with E-state index in [0.29, 0.717) is 18.4 Å². The Morgan fingerprint density at radius 3 is 2.71 bits per heavy atom. The molecule has 7 nitrogen and oxygen atoms in total. The first-order chi connectivity index (χ1) is 15.0. The second-order valence-corrected chi connectivity index (χ2v) is 8.21. The Morgan fingerprint density at radius 2 is 1.97 bits per heavy atom. The van der Waals surface area contributed by atoms with Crippen molar-refractivity contribution >= 4 is 33.7 Å². The molecule has 31 heavy (non-hydrogen) atoms. The molecule has 1 aromatic carbocycles. The number of carbonyl (C=O) groups excluding carboxylic acids is 1. The summed E-state index contributed by atoms with van der Waals surface area (Å²) >= 11 is 0. The number of rotatable bonds is 6. The average Bonchev–Trinajstić information content (AvgIpc) is 3.54. The van der Waals surface area contributed by atoms with Crippen molar-refractivity contribution < 1.29 is 9.53 Å². The lowest BCUT2D eigenvalue weighted by atomic mass is 10.0. The maximum absolute atomic E-state index is 12.1. The van der Waals surface area contributed by atoms with E-state index >= 15 is 0 Å². The number of anilines is 1. The molecule has 1 aliphatic carbocycles. The average molecular weight is 415 g/mol. The van der Waals surface area contributed by atoms with Crippen molar-refractivity contribution in [3.63, 3.8) is 0 Å². The van der Waals surface area contributed by atoms with Crippen molar-refractivity contribution in [1.82, 2.24) is 19.5 Å². The third-order valence-electron chi connectivity index (χ3n) is 5.57. The smallest absolute Gasteiger partial charge is 0.297 e. The molecule has 3 aromatic heterocycles. The zero-order valence-electron chi connectivity index (χ0n) is 17.9. The Morgan fingerprint density at radius 1 is 1.16 bits per heavy atom. The number of pyridine rings is 2. The molecule has 1 aliphatic rings. The molecule has 1 saturated carbocycles. The first kappa shape index (κ1) is 19.5. The Bertz CT molecular complexity index is 1290. The van der Waals surface area contributed by atoms with Crippen LogP contribution in [-0.4, -0.2) is 32.0 Å². The van der Waals surface area contributed by atoms with Gasteiger partial charge in [0.2, 0.25) is 5.91 Å². The van der Waals surface area contributed by atoms with Gasteiger partial charge in [0, 0.05) is 23.5 Å². The third-order valence-corrected chi connectivity index (χ3v) is 5.57. The zero-order chi connectivity index (χ0) is 21.5. The van der Waals surface area contributed by atoms with Gasteiger partial charge in [-0.2, -0.15) is 4.98 Å². The highest BCUT2D eigenvalue weighted by Gasteiger charge is 2.29. The Kier molecular flexibility index (Phi) is 4.81. The summed E-state index contributed by atoms with van der Waals surface area (Å²) in [6.07, 6.45) is 5.46. The molecule has 3 heterocycles. The predicted molar refractivity (Wildman–Crippen MR) is 121 cm³/mol. The van der Waals surface area contributed by atoms with Gasteiger partial charge in [-0.1, -0.05) is 6.07 Å². The monoisotopic (exact) mass is 415 g/mol. The lowest BCUT2D eigenvalue weighted by molar-refractivity contribution is -0.117. The van der Waals surface area contributed by atoms with Crippen LogP contribution < -0.4 is 10.1 Å². The maximum Gasteiger partial charge on any atom is 0.297 e. The van der Waals surface area contributed by atoms with Crippen molar-refractivity contribution in [2.24, 2.45) is 5.92 Å². The number of nitrogens with one attached hydrogen (secondary N) is 1. The van der Waals surface area contributed by atoms with Gasteiger partial charge < -0.3 is 10.1 Å². The van der Waals surface area contributed by atoms with Crippen LogP contribution in [0, 0.1) is 5.92 Å². The zero-order valence-corrected chi connectivity index (χ0v) is 17.9. The number of carbonyl (C=O) groups is 1. The van der Waals surface area contributed by atoms with E-state index in [4.69, 9.17) is 4.74 Å². The molecular weight excluding hydrogens is 390 g/mol. The van der Waals surface area contributed by atoms with Crippen LogP contribution in [0.2, 0.25) is 0 Å². The summed E-state index contributed by atoms with van der Waals surface area (Å²) in [7, 11) is 0. The molecule has 0 unspecified atom stereocenters. The number of benzene rings is 1. The van der Waals surface area contributed by atoms with Crippen LogP contribution in [0.15, 0.2) is 42.7 Å².